The number of hydrogen-bond donors (Lipinski definition) is 3. The van der Waals surface area contributed by atoms with E-state index in [1.165, 1.54) is 4.90 Å². The van der Waals surface area contributed by atoms with Crippen LogP contribution in [0.4, 0.5) is 0 Å². The molecule has 0 amide bonds. The van der Waals surface area contributed by atoms with E-state index in [0.717, 1.165) is 53.8 Å². The summed E-state index contributed by atoms with van der Waals surface area (Å²) in [6.45, 7) is 14.1. The number of methoxy groups -OCH3 is 1. The summed E-state index contributed by atoms with van der Waals surface area (Å²) in [5.74, 6) is 0. The van der Waals surface area contributed by atoms with Gasteiger partial charge in [-0.3, -0.25) is 4.79 Å². The lowest BCUT2D eigenvalue weighted by atomic mass is 10.0. The molecule has 0 unspecified atom stereocenters. The van der Waals surface area contributed by atoms with Crippen molar-refractivity contribution in [1.29, 1.82) is 0 Å². The predicted octanol–water partition coefficient (Wildman–Crippen LogP) is 1.39. The van der Waals surface area contributed by atoms with Crippen molar-refractivity contribution in [2.45, 2.75) is 34.2 Å². The fourth-order valence-electron chi connectivity index (χ4n) is 3.46. The Morgan fingerprint density at radius 2 is 1.93 bits per heavy atom. The van der Waals surface area contributed by atoms with E-state index in [4.69, 9.17) is 17.0 Å². The molecule has 0 aliphatic heterocycles. The van der Waals surface area contributed by atoms with Gasteiger partial charge in [0.25, 0.3) is 5.56 Å². The van der Waals surface area contributed by atoms with E-state index < -0.39 is 0 Å². The first-order valence-corrected chi connectivity index (χ1v) is 10.8. The highest BCUT2D eigenvalue weighted by Gasteiger charge is 2.16. The minimum absolute atomic E-state index is 0.0499. The quantitative estimate of drug-likeness (QED) is 0.401. The Morgan fingerprint density at radius 1 is 1.24 bits per heavy atom. The number of likely N-dealkylation sites (N-methyl/N-ethyl adjacent to an activating group) is 1. The SMILES string of the molecule is CC[NH+](CC)CCN(Cc1cc2c(C)ccc(C)c2[nH]c1=O)C(=S)NCCOC. The van der Waals surface area contributed by atoms with E-state index in [-0.39, 0.29) is 5.56 Å². The summed E-state index contributed by atoms with van der Waals surface area (Å²) < 4.78 is 5.12. The third-order valence-electron chi connectivity index (χ3n) is 5.49. The van der Waals surface area contributed by atoms with Gasteiger partial charge in [-0.05, 0) is 57.1 Å². The second-order valence-corrected chi connectivity index (χ2v) is 7.85. The van der Waals surface area contributed by atoms with Gasteiger partial charge in [0.05, 0.1) is 44.8 Å². The lowest BCUT2D eigenvalue weighted by Crippen LogP contribution is -3.12. The maximum absolute atomic E-state index is 12.8. The summed E-state index contributed by atoms with van der Waals surface area (Å²) in [6, 6.07) is 6.16. The Morgan fingerprint density at radius 3 is 2.59 bits per heavy atom. The van der Waals surface area contributed by atoms with Crippen LogP contribution in [0.5, 0.6) is 0 Å². The van der Waals surface area contributed by atoms with Crippen LogP contribution >= 0.6 is 12.2 Å². The van der Waals surface area contributed by atoms with Gasteiger partial charge in [0.15, 0.2) is 5.11 Å². The molecule has 0 fully saturated rings. The second-order valence-electron chi connectivity index (χ2n) is 7.47. The summed E-state index contributed by atoms with van der Waals surface area (Å²) in [5.41, 5.74) is 3.83. The molecular formula is C22H35N4O2S+. The van der Waals surface area contributed by atoms with Crippen molar-refractivity contribution in [3.63, 3.8) is 0 Å². The number of nitrogens with zero attached hydrogens (tertiary/aromatic N) is 1. The van der Waals surface area contributed by atoms with Crippen molar-refractivity contribution < 1.29 is 9.64 Å². The van der Waals surface area contributed by atoms with Gasteiger partial charge in [0, 0.05) is 24.6 Å². The molecule has 0 spiro atoms. The van der Waals surface area contributed by atoms with Crippen LogP contribution in [0.1, 0.15) is 30.5 Å². The molecule has 0 atom stereocenters. The number of aromatic nitrogens is 1. The van der Waals surface area contributed by atoms with Crippen LogP contribution in [0, 0.1) is 13.8 Å². The van der Waals surface area contributed by atoms with Crippen LogP contribution in [0.2, 0.25) is 0 Å². The van der Waals surface area contributed by atoms with Gasteiger partial charge in [-0.1, -0.05) is 12.1 Å². The number of thiocarbonyl (C=S) groups is 1. The number of benzene rings is 1. The lowest BCUT2D eigenvalue weighted by Gasteiger charge is -2.27. The Balaban J connectivity index is 2.28. The van der Waals surface area contributed by atoms with Crippen molar-refractivity contribution in [3.05, 3.63) is 45.2 Å². The molecule has 0 saturated heterocycles. The highest BCUT2D eigenvalue weighted by molar-refractivity contribution is 7.80. The van der Waals surface area contributed by atoms with Crippen molar-refractivity contribution in [1.82, 2.24) is 15.2 Å². The second kappa shape index (κ2) is 11.3. The van der Waals surface area contributed by atoms with Gasteiger partial charge in [0.2, 0.25) is 0 Å². The molecule has 6 nitrogen and oxygen atoms in total. The number of hydrogen-bond acceptors (Lipinski definition) is 3. The molecule has 7 heteroatoms. The zero-order valence-corrected chi connectivity index (χ0v) is 19.2. The largest absolute Gasteiger partial charge is 0.383 e. The molecule has 0 saturated carbocycles. The smallest absolute Gasteiger partial charge is 0.253 e. The molecule has 1 aromatic heterocycles. The van der Waals surface area contributed by atoms with Gasteiger partial charge in [-0.15, -0.1) is 0 Å². The van der Waals surface area contributed by atoms with Crippen molar-refractivity contribution in [2.75, 3.05) is 46.4 Å². The van der Waals surface area contributed by atoms with Gasteiger partial charge in [-0.25, -0.2) is 0 Å². The normalized spacial score (nSPS) is 11.2. The van der Waals surface area contributed by atoms with E-state index in [9.17, 15) is 4.79 Å². The standard InChI is InChI=1S/C22H34N4O2S/c1-6-25(7-2)11-12-26(22(29)23-10-13-28-5)15-18-14-19-16(3)8-9-17(4)20(19)24-21(18)27/h8-9,14H,6-7,10-13,15H2,1-5H3,(H,23,29)(H,24,27)/p+1. The first-order valence-electron chi connectivity index (χ1n) is 10.4. The molecule has 1 aromatic carbocycles. The molecule has 1 heterocycles. The number of aromatic amines is 1. The maximum Gasteiger partial charge on any atom is 0.253 e. The van der Waals surface area contributed by atoms with Crippen LogP contribution in [0.25, 0.3) is 10.9 Å². The molecule has 2 rings (SSSR count). The highest BCUT2D eigenvalue weighted by atomic mass is 32.1. The minimum Gasteiger partial charge on any atom is -0.383 e. The van der Waals surface area contributed by atoms with E-state index >= 15 is 0 Å². The van der Waals surface area contributed by atoms with Gasteiger partial charge in [0.1, 0.15) is 0 Å². The molecule has 0 bridgehead atoms. The molecule has 29 heavy (non-hydrogen) atoms. The van der Waals surface area contributed by atoms with E-state index in [1.54, 1.807) is 7.11 Å². The van der Waals surface area contributed by atoms with Crippen molar-refractivity contribution >= 4 is 28.2 Å². The van der Waals surface area contributed by atoms with E-state index in [1.807, 2.05) is 19.1 Å². The Hall–Kier alpha value is -1.96. The van der Waals surface area contributed by atoms with Crippen molar-refractivity contribution in [2.24, 2.45) is 0 Å². The topological polar surface area (TPSA) is 61.8 Å². The lowest BCUT2D eigenvalue weighted by molar-refractivity contribution is -0.895. The molecule has 160 valence electrons. The van der Waals surface area contributed by atoms with Crippen LogP contribution in [0.3, 0.4) is 0 Å². The van der Waals surface area contributed by atoms with Gasteiger partial charge >= 0.3 is 0 Å². The molecule has 0 aliphatic rings. The number of ether oxygens (including phenoxy) is 1. The van der Waals surface area contributed by atoms with Crippen LogP contribution in [-0.4, -0.2) is 61.4 Å². The highest BCUT2D eigenvalue weighted by Crippen LogP contribution is 2.20. The van der Waals surface area contributed by atoms with E-state index in [2.05, 4.69) is 42.0 Å². The summed E-state index contributed by atoms with van der Waals surface area (Å²) in [7, 11) is 1.67. The third-order valence-corrected chi connectivity index (χ3v) is 5.89. The van der Waals surface area contributed by atoms with E-state index in [0.29, 0.717) is 24.8 Å². The molecule has 0 radical (unpaired) electrons. The zero-order chi connectivity index (χ0) is 21.4. The number of H-pyrrole nitrogens is 1. The summed E-state index contributed by atoms with van der Waals surface area (Å²) in [5, 5.41) is 5.00. The Labute approximate surface area is 179 Å². The molecule has 2 aromatic rings. The summed E-state index contributed by atoms with van der Waals surface area (Å²) in [4.78, 5) is 19.5. The average Bonchev–Trinajstić information content (AvgIpc) is 2.71. The number of rotatable bonds is 10. The molecule has 3 N–H and O–H groups in total. The number of aryl methyl sites for hydroxylation is 2. The number of nitrogens with one attached hydrogen (secondary N) is 3. The summed E-state index contributed by atoms with van der Waals surface area (Å²) >= 11 is 5.64. The zero-order valence-electron chi connectivity index (χ0n) is 18.4. The summed E-state index contributed by atoms with van der Waals surface area (Å²) in [6.07, 6.45) is 0. The van der Waals surface area contributed by atoms with Gasteiger partial charge < -0.3 is 24.8 Å². The third kappa shape index (κ3) is 6.26. The van der Waals surface area contributed by atoms with Crippen LogP contribution in [-0.2, 0) is 11.3 Å². The average molecular weight is 420 g/mol. The molecule has 0 aliphatic carbocycles. The monoisotopic (exact) mass is 419 g/mol. The number of pyridine rings is 1. The Bertz CT molecular complexity index is 877. The number of fused-ring (bicyclic) bond motifs is 1. The maximum atomic E-state index is 12.8. The fraction of sp³-hybridized carbons (Fsp3) is 0.545. The van der Waals surface area contributed by atoms with Crippen molar-refractivity contribution in [3.8, 4) is 0 Å². The van der Waals surface area contributed by atoms with Crippen LogP contribution in [0.15, 0.2) is 23.0 Å². The Kier molecular flexibility index (Phi) is 9.07. The van der Waals surface area contributed by atoms with Crippen LogP contribution < -0.4 is 15.8 Å². The van der Waals surface area contributed by atoms with Gasteiger partial charge in [-0.2, -0.15) is 0 Å². The first-order chi connectivity index (χ1) is 13.9. The fourth-order valence-corrected chi connectivity index (χ4v) is 3.72. The predicted molar refractivity (Wildman–Crippen MR) is 124 cm³/mol. The number of quaternary nitrogens is 1. The molecular weight excluding hydrogens is 384 g/mol. The minimum atomic E-state index is -0.0499. The first kappa shape index (κ1) is 23.3.